The lowest BCUT2D eigenvalue weighted by molar-refractivity contribution is -0.130. The molecule has 0 radical (unpaired) electrons. The minimum absolute atomic E-state index is 0.183. The van der Waals surface area contributed by atoms with Gasteiger partial charge in [-0.25, -0.2) is 0 Å². The van der Waals surface area contributed by atoms with Crippen molar-refractivity contribution in [2.75, 3.05) is 33.9 Å². The van der Waals surface area contributed by atoms with Crippen molar-refractivity contribution in [2.45, 2.75) is 44.8 Å². The molecule has 1 fully saturated rings. The summed E-state index contributed by atoms with van der Waals surface area (Å²) in [7, 11) is 3.32. The predicted molar refractivity (Wildman–Crippen MR) is 66.8 cm³/mol. The van der Waals surface area contributed by atoms with Crippen LogP contribution in [-0.4, -0.2) is 63.3 Å². The van der Waals surface area contributed by atoms with Gasteiger partial charge in [-0.3, -0.25) is 4.90 Å². The largest absolute Gasteiger partial charge is 0.373 e. The summed E-state index contributed by atoms with van der Waals surface area (Å²) in [5, 5.41) is 0. The molecule has 0 aromatic rings. The Labute approximate surface area is 104 Å². The molecule has 0 aromatic carbocycles. The molecule has 0 aromatic heterocycles. The highest BCUT2D eigenvalue weighted by Crippen LogP contribution is 2.17. The Hall–Kier alpha value is -0.200. The third-order valence-corrected chi connectivity index (χ3v) is 3.23. The number of nitrogens with zero attached hydrogens (tertiary/aromatic N) is 1. The molecule has 1 aliphatic heterocycles. The third-order valence-electron chi connectivity index (χ3n) is 3.23. The van der Waals surface area contributed by atoms with E-state index in [4.69, 9.17) is 19.9 Å². The van der Waals surface area contributed by atoms with Crippen molar-refractivity contribution in [3.8, 4) is 0 Å². The van der Waals surface area contributed by atoms with Gasteiger partial charge in [0.05, 0.1) is 12.2 Å². The first-order valence-electron chi connectivity index (χ1n) is 6.25. The van der Waals surface area contributed by atoms with Crippen molar-refractivity contribution < 1.29 is 14.2 Å². The average Bonchev–Trinajstić information content (AvgIpc) is 2.29. The maximum absolute atomic E-state index is 5.86. The molecule has 3 atom stereocenters. The molecule has 1 heterocycles. The molecule has 5 heteroatoms. The number of morpholine rings is 1. The van der Waals surface area contributed by atoms with Crippen LogP contribution in [0.2, 0.25) is 0 Å². The van der Waals surface area contributed by atoms with Gasteiger partial charge in [0, 0.05) is 46.3 Å². The monoisotopic (exact) mass is 246 g/mol. The molecule has 0 amide bonds. The van der Waals surface area contributed by atoms with Crippen LogP contribution in [0.4, 0.5) is 0 Å². The average molecular weight is 246 g/mol. The van der Waals surface area contributed by atoms with E-state index in [0.29, 0.717) is 6.54 Å². The lowest BCUT2D eigenvalue weighted by atomic mass is 10.1. The van der Waals surface area contributed by atoms with Gasteiger partial charge in [-0.15, -0.1) is 0 Å². The van der Waals surface area contributed by atoms with Gasteiger partial charge in [0.2, 0.25) is 0 Å². The van der Waals surface area contributed by atoms with E-state index in [1.807, 2.05) is 0 Å². The second kappa shape index (κ2) is 7.28. The highest BCUT2D eigenvalue weighted by molar-refractivity contribution is 4.81. The highest BCUT2D eigenvalue weighted by atomic mass is 16.7. The molecule has 1 saturated heterocycles. The maximum Gasteiger partial charge on any atom is 0.158 e. The zero-order chi connectivity index (χ0) is 12.8. The molecular formula is C12H26N2O3. The van der Waals surface area contributed by atoms with E-state index in [9.17, 15) is 0 Å². The van der Waals surface area contributed by atoms with Crippen LogP contribution in [0.3, 0.4) is 0 Å². The minimum Gasteiger partial charge on any atom is -0.373 e. The Bertz CT molecular complexity index is 202. The third kappa shape index (κ3) is 4.52. The van der Waals surface area contributed by atoms with Gasteiger partial charge < -0.3 is 19.9 Å². The molecule has 0 saturated carbocycles. The Kier molecular flexibility index (Phi) is 6.37. The standard InChI is InChI=1S/C12H26N2O3/c1-9-7-14(8-10(2)17-9)11(6-13)5-12(15-3)16-4/h9-12H,5-8,13H2,1-4H3. The lowest BCUT2D eigenvalue weighted by Gasteiger charge is -2.40. The summed E-state index contributed by atoms with van der Waals surface area (Å²) in [6.45, 7) is 6.65. The number of hydrogen-bond donors (Lipinski definition) is 1. The summed E-state index contributed by atoms with van der Waals surface area (Å²) >= 11 is 0. The first-order valence-corrected chi connectivity index (χ1v) is 6.25. The van der Waals surface area contributed by atoms with Gasteiger partial charge in [-0.1, -0.05) is 0 Å². The zero-order valence-electron chi connectivity index (χ0n) is 11.4. The number of nitrogens with two attached hydrogens (primary N) is 1. The Morgan fingerprint density at radius 2 is 1.76 bits per heavy atom. The van der Waals surface area contributed by atoms with E-state index < -0.39 is 0 Å². The maximum atomic E-state index is 5.86. The summed E-state index contributed by atoms with van der Waals surface area (Å²) < 4.78 is 16.2. The second-order valence-corrected chi connectivity index (χ2v) is 4.74. The number of methoxy groups -OCH3 is 2. The van der Waals surface area contributed by atoms with Crippen molar-refractivity contribution in [2.24, 2.45) is 5.73 Å². The summed E-state index contributed by atoms with van der Waals surface area (Å²) in [5.41, 5.74) is 5.86. The van der Waals surface area contributed by atoms with E-state index in [-0.39, 0.29) is 24.5 Å². The van der Waals surface area contributed by atoms with Crippen LogP contribution in [0.1, 0.15) is 20.3 Å². The molecule has 3 unspecified atom stereocenters. The smallest absolute Gasteiger partial charge is 0.158 e. The van der Waals surface area contributed by atoms with Gasteiger partial charge in [0.25, 0.3) is 0 Å². The van der Waals surface area contributed by atoms with Gasteiger partial charge in [0.15, 0.2) is 6.29 Å². The van der Waals surface area contributed by atoms with Crippen LogP contribution in [0.25, 0.3) is 0 Å². The van der Waals surface area contributed by atoms with E-state index in [2.05, 4.69) is 18.7 Å². The van der Waals surface area contributed by atoms with Crippen molar-refractivity contribution in [1.82, 2.24) is 4.90 Å². The summed E-state index contributed by atoms with van der Waals surface area (Å²) in [6, 6.07) is 0.286. The van der Waals surface area contributed by atoms with Crippen LogP contribution in [0.5, 0.6) is 0 Å². The molecule has 17 heavy (non-hydrogen) atoms. The quantitative estimate of drug-likeness (QED) is 0.689. The topological polar surface area (TPSA) is 57.0 Å². The molecule has 0 aliphatic carbocycles. The molecule has 1 aliphatic rings. The van der Waals surface area contributed by atoms with E-state index in [1.165, 1.54) is 0 Å². The van der Waals surface area contributed by atoms with Crippen LogP contribution in [0, 0.1) is 0 Å². The van der Waals surface area contributed by atoms with E-state index >= 15 is 0 Å². The fourth-order valence-corrected chi connectivity index (χ4v) is 2.42. The van der Waals surface area contributed by atoms with Gasteiger partial charge >= 0.3 is 0 Å². The Morgan fingerprint density at radius 3 is 2.18 bits per heavy atom. The first kappa shape index (κ1) is 14.9. The van der Waals surface area contributed by atoms with Crippen LogP contribution in [-0.2, 0) is 14.2 Å². The molecule has 2 N–H and O–H groups in total. The van der Waals surface area contributed by atoms with Crippen LogP contribution in [0.15, 0.2) is 0 Å². The van der Waals surface area contributed by atoms with Crippen molar-refractivity contribution in [3.63, 3.8) is 0 Å². The zero-order valence-corrected chi connectivity index (χ0v) is 11.4. The van der Waals surface area contributed by atoms with Crippen molar-refractivity contribution in [1.29, 1.82) is 0 Å². The minimum atomic E-state index is -0.183. The normalized spacial score (nSPS) is 28.6. The van der Waals surface area contributed by atoms with E-state index in [0.717, 1.165) is 19.5 Å². The molecule has 5 nitrogen and oxygen atoms in total. The summed E-state index contributed by atoms with van der Waals surface area (Å²) in [6.07, 6.45) is 1.13. The van der Waals surface area contributed by atoms with Gasteiger partial charge in [-0.2, -0.15) is 0 Å². The van der Waals surface area contributed by atoms with Crippen molar-refractivity contribution in [3.05, 3.63) is 0 Å². The molecule has 0 spiro atoms. The molecular weight excluding hydrogens is 220 g/mol. The fourth-order valence-electron chi connectivity index (χ4n) is 2.42. The second-order valence-electron chi connectivity index (χ2n) is 4.74. The lowest BCUT2D eigenvalue weighted by Crippen LogP contribution is -2.53. The highest BCUT2D eigenvalue weighted by Gasteiger charge is 2.28. The first-order chi connectivity index (χ1) is 8.10. The molecule has 1 rings (SSSR count). The van der Waals surface area contributed by atoms with E-state index in [1.54, 1.807) is 14.2 Å². The van der Waals surface area contributed by atoms with Gasteiger partial charge in [-0.05, 0) is 13.8 Å². The molecule has 102 valence electrons. The molecule has 0 bridgehead atoms. The number of ether oxygens (including phenoxy) is 3. The SMILES string of the molecule is COC(CC(CN)N1CC(C)OC(C)C1)OC. The van der Waals surface area contributed by atoms with Crippen LogP contribution < -0.4 is 5.73 Å². The Morgan fingerprint density at radius 1 is 1.24 bits per heavy atom. The van der Waals surface area contributed by atoms with Gasteiger partial charge in [0.1, 0.15) is 0 Å². The fraction of sp³-hybridized carbons (Fsp3) is 1.00. The Balaban J connectivity index is 2.53. The number of rotatable bonds is 6. The summed E-state index contributed by atoms with van der Waals surface area (Å²) in [4.78, 5) is 2.38. The predicted octanol–water partition coefficient (Wildman–Crippen LogP) is 0.432. The number of hydrogen-bond acceptors (Lipinski definition) is 5. The van der Waals surface area contributed by atoms with Crippen LogP contribution >= 0.6 is 0 Å². The van der Waals surface area contributed by atoms with Crippen molar-refractivity contribution >= 4 is 0 Å². The summed E-state index contributed by atoms with van der Waals surface area (Å²) in [5.74, 6) is 0.